The number of nitrogens with two attached hydrogens (primary N) is 1. The highest BCUT2D eigenvalue weighted by Gasteiger charge is 2.35. The number of amides is 1. The van der Waals surface area contributed by atoms with Crippen molar-refractivity contribution < 1.29 is 22.9 Å². The second kappa shape index (κ2) is 5.54. The minimum Gasteiger partial charge on any atom is -0.378 e. The largest absolute Gasteiger partial charge is 0.433 e. The van der Waals surface area contributed by atoms with Gasteiger partial charge >= 0.3 is 11.9 Å². The van der Waals surface area contributed by atoms with Crippen molar-refractivity contribution in [3.63, 3.8) is 0 Å². The zero-order valence-electron chi connectivity index (χ0n) is 11.2. The lowest BCUT2D eigenvalue weighted by Crippen LogP contribution is -2.37. The molecule has 0 bridgehead atoms. The monoisotopic (exact) mass is 306 g/mol. The van der Waals surface area contributed by atoms with Crippen molar-refractivity contribution in [3.05, 3.63) is 28.1 Å². The van der Waals surface area contributed by atoms with Crippen molar-refractivity contribution in [2.75, 3.05) is 11.9 Å². The van der Waals surface area contributed by atoms with Gasteiger partial charge in [0.2, 0.25) is 5.91 Å². The van der Waals surface area contributed by atoms with Gasteiger partial charge in [-0.3, -0.25) is 14.9 Å². The van der Waals surface area contributed by atoms with Gasteiger partial charge in [0.25, 0.3) is 0 Å². The Balaban J connectivity index is 3.13. The van der Waals surface area contributed by atoms with E-state index in [9.17, 15) is 28.1 Å². The van der Waals surface area contributed by atoms with Crippen LogP contribution in [0.1, 0.15) is 19.5 Å². The number of rotatable bonds is 5. The number of anilines is 1. The van der Waals surface area contributed by atoms with Gasteiger partial charge in [0, 0.05) is 6.54 Å². The van der Waals surface area contributed by atoms with Crippen LogP contribution in [0, 0.1) is 15.5 Å². The van der Waals surface area contributed by atoms with E-state index in [1.165, 1.54) is 13.8 Å². The minimum absolute atomic E-state index is 0.162. The third kappa shape index (κ3) is 4.04. The van der Waals surface area contributed by atoms with Crippen molar-refractivity contribution in [1.82, 2.24) is 4.98 Å². The van der Waals surface area contributed by atoms with Crippen LogP contribution in [0.3, 0.4) is 0 Å². The molecule has 0 aliphatic carbocycles. The van der Waals surface area contributed by atoms with Crippen LogP contribution in [0.4, 0.5) is 24.5 Å². The second-order valence-electron chi connectivity index (χ2n) is 4.94. The van der Waals surface area contributed by atoms with Crippen molar-refractivity contribution in [2.24, 2.45) is 11.1 Å². The fraction of sp³-hybridized carbons (Fsp3) is 0.455. The van der Waals surface area contributed by atoms with E-state index in [0.29, 0.717) is 12.3 Å². The summed E-state index contributed by atoms with van der Waals surface area (Å²) in [6.45, 7) is 2.75. The summed E-state index contributed by atoms with van der Waals surface area (Å²) in [5, 5.41) is 13.2. The van der Waals surface area contributed by atoms with E-state index in [2.05, 4.69) is 10.3 Å². The molecule has 0 aliphatic heterocycles. The molecule has 3 N–H and O–H groups in total. The Kier molecular flexibility index (Phi) is 4.40. The third-order valence-corrected chi connectivity index (χ3v) is 2.76. The number of hydrogen-bond acceptors (Lipinski definition) is 5. The van der Waals surface area contributed by atoms with Crippen molar-refractivity contribution in [1.29, 1.82) is 0 Å². The van der Waals surface area contributed by atoms with Gasteiger partial charge in [0.15, 0.2) is 0 Å². The van der Waals surface area contributed by atoms with Crippen LogP contribution in [0.2, 0.25) is 0 Å². The van der Waals surface area contributed by atoms with Crippen LogP contribution >= 0.6 is 0 Å². The molecule has 116 valence electrons. The molecule has 0 radical (unpaired) electrons. The molecule has 0 saturated carbocycles. The summed E-state index contributed by atoms with van der Waals surface area (Å²) in [6.07, 6.45) is -4.22. The molecule has 1 amide bonds. The molecule has 0 atom stereocenters. The highest BCUT2D eigenvalue weighted by atomic mass is 19.4. The Morgan fingerprint density at radius 1 is 1.48 bits per heavy atom. The molecule has 1 aromatic rings. The first kappa shape index (κ1) is 16.7. The summed E-state index contributed by atoms with van der Waals surface area (Å²) in [4.78, 5) is 24.1. The molecule has 0 fully saturated rings. The molecule has 0 aromatic carbocycles. The maximum absolute atomic E-state index is 12.6. The van der Waals surface area contributed by atoms with E-state index in [-0.39, 0.29) is 12.2 Å². The van der Waals surface area contributed by atoms with Crippen LogP contribution in [-0.4, -0.2) is 22.4 Å². The Morgan fingerprint density at radius 2 is 2.05 bits per heavy atom. The van der Waals surface area contributed by atoms with Gasteiger partial charge < -0.3 is 11.1 Å². The maximum Gasteiger partial charge on any atom is 0.433 e. The number of nitrogens with zero attached hydrogens (tertiary/aromatic N) is 2. The average Bonchev–Trinajstić information content (AvgIpc) is 2.34. The highest BCUT2D eigenvalue weighted by molar-refractivity contribution is 5.80. The molecule has 1 rings (SSSR count). The molecule has 10 heteroatoms. The highest BCUT2D eigenvalue weighted by Crippen LogP contribution is 2.33. The first-order chi connectivity index (χ1) is 9.45. The summed E-state index contributed by atoms with van der Waals surface area (Å²) >= 11 is 0. The summed E-state index contributed by atoms with van der Waals surface area (Å²) in [5.41, 5.74) is 1.77. The van der Waals surface area contributed by atoms with Crippen molar-refractivity contribution in [3.8, 4) is 0 Å². The van der Waals surface area contributed by atoms with Crippen LogP contribution in [0.15, 0.2) is 12.3 Å². The topological polar surface area (TPSA) is 111 Å². The number of pyridine rings is 1. The zero-order chi connectivity index (χ0) is 16.4. The van der Waals surface area contributed by atoms with E-state index >= 15 is 0 Å². The van der Waals surface area contributed by atoms with Crippen LogP contribution in [-0.2, 0) is 11.0 Å². The van der Waals surface area contributed by atoms with E-state index in [1.54, 1.807) is 0 Å². The Labute approximate surface area is 117 Å². The fourth-order valence-electron chi connectivity index (χ4n) is 1.29. The number of nitrogens with one attached hydrogen (secondary N) is 1. The standard InChI is InChI=1S/C11H13F3N4O3/c1-10(2,9(15)19)5-17-6-3-8(11(12,13)14)16-4-7(6)18(20)21/h3-4H,5H2,1-2H3,(H2,15,19)(H,16,17). The summed E-state index contributed by atoms with van der Waals surface area (Å²) < 4.78 is 37.7. The summed E-state index contributed by atoms with van der Waals surface area (Å²) in [5.74, 6) is -0.692. The SMILES string of the molecule is CC(C)(CNc1cc(C(F)(F)F)ncc1[N+](=O)[O-])C(N)=O. The number of nitro groups is 1. The number of primary amides is 1. The minimum atomic E-state index is -4.73. The normalized spacial score (nSPS) is 12.0. The lowest BCUT2D eigenvalue weighted by molar-refractivity contribution is -0.384. The van der Waals surface area contributed by atoms with E-state index in [4.69, 9.17) is 5.73 Å². The van der Waals surface area contributed by atoms with Crippen LogP contribution < -0.4 is 11.1 Å². The molecule has 1 heterocycles. The van der Waals surface area contributed by atoms with Crippen molar-refractivity contribution >= 4 is 17.3 Å². The molecule has 21 heavy (non-hydrogen) atoms. The van der Waals surface area contributed by atoms with Crippen LogP contribution in [0.5, 0.6) is 0 Å². The smallest absolute Gasteiger partial charge is 0.378 e. The Hall–Kier alpha value is -2.39. The number of alkyl halides is 3. The van der Waals surface area contributed by atoms with Crippen molar-refractivity contribution in [2.45, 2.75) is 20.0 Å². The number of halogens is 3. The van der Waals surface area contributed by atoms with Gasteiger partial charge in [-0.2, -0.15) is 13.2 Å². The van der Waals surface area contributed by atoms with Gasteiger partial charge in [-0.25, -0.2) is 4.98 Å². The Morgan fingerprint density at radius 3 is 2.48 bits per heavy atom. The second-order valence-corrected chi connectivity index (χ2v) is 4.94. The van der Waals surface area contributed by atoms with Gasteiger partial charge in [0.1, 0.15) is 17.6 Å². The first-order valence-electron chi connectivity index (χ1n) is 5.70. The molecule has 0 saturated heterocycles. The number of carbonyl (C=O) groups excluding carboxylic acids is 1. The summed E-state index contributed by atoms with van der Waals surface area (Å²) in [7, 11) is 0. The predicted molar refractivity (Wildman–Crippen MR) is 67.4 cm³/mol. The molecule has 1 aromatic heterocycles. The third-order valence-electron chi connectivity index (χ3n) is 2.76. The molecule has 0 unspecified atom stereocenters. The molecule has 7 nitrogen and oxygen atoms in total. The van der Waals surface area contributed by atoms with Gasteiger partial charge in [0.05, 0.1) is 10.3 Å². The number of hydrogen-bond donors (Lipinski definition) is 2. The average molecular weight is 306 g/mol. The molecular weight excluding hydrogens is 293 g/mol. The van der Waals surface area contributed by atoms with Gasteiger partial charge in [-0.05, 0) is 19.9 Å². The number of aromatic nitrogens is 1. The Bertz CT molecular complexity index is 572. The lowest BCUT2D eigenvalue weighted by atomic mass is 9.92. The summed E-state index contributed by atoms with van der Waals surface area (Å²) in [6, 6.07) is 0.523. The lowest BCUT2D eigenvalue weighted by Gasteiger charge is -2.21. The number of carbonyl (C=O) groups is 1. The maximum atomic E-state index is 12.6. The molecule has 0 spiro atoms. The quantitative estimate of drug-likeness (QED) is 0.637. The first-order valence-corrected chi connectivity index (χ1v) is 5.70. The van der Waals surface area contributed by atoms with E-state index in [0.717, 1.165) is 0 Å². The fourth-order valence-corrected chi connectivity index (χ4v) is 1.29. The molecule has 0 aliphatic rings. The van der Waals surface area contributed by atoms with E-state index < -0.39 is 33.8 Å². The molecular formula is C11H13F3N4O3. The predicted octanol–water partition coefficient (Wildman–Crippen LogP) is 1.93. The van der Waals surface area contributed by atoms with Crippen LogP contribution in [0.25, 0.3) is 0 Å². The van der Waals surface area contributed by atoms with Gasteiger partial charge in [-0.15, -0.1) is 0 Å². The van der Waals surface area contributed by atoms with Gasteiger partial charge in [-0.1, -0.05) is 0 Å². The van der Waals surface area contributed by atoms with E-state index in [1.807, 2.05) is 0 Å². The zero-order valence-corrected chi connectivity index (χ0v) is 11.2.